The third kappa shape index (κ3) is 4.47. The van der Waals surface area contributed by atoms with Crippen LogP contribution in [-0.2, 0) is 19.6 Å². The molecule has 28 heavy (non-hydrogen) atoms. The van der Waals surface area contributed by atoms with Crippen LogP contribution in [0, 0.1) is 0 Å². The van der Waals surface area contributed by atoms with E-state index in [0.717, 1.165) is 63.8 Å². The Morgan fingerprint density at radius 2 is 1.96 bits per heavy atom. The molecule has 1 N–H and O–H groups in total. The van der Waals surface area contributed by atoms with Crippen molar-refractivity contribution in [3.05, 3.63) is 35.5 Å². The minimum absolute atomic E-state index is 0. The number of nitrogens with one attached hydrogen (secondary N) is 1. The molecule has 0 atom stereocenters. The zero-order valence-corrected chi connectivity index (χ0v) is 18.0. The molecule has 2 aromatic heterocycles. The van der Waals surface area contributed by atoms with Gasteiger partial charge in [0.05, 0.1) is 6.54 Å². The third-order valence-electron chi connectivity index (χ3n) is 5.96. The topological polar surface area (TPSA) is 62.1 Å². The fourth-order valence-electron chi connectivity index (χ4n) is 4.01. The minimum atomic E-state index is 0. The van der Waals surface area contributed by atoms with Crippen LogP contribution in [0.5, 0.6) is 0 Å². The maximum atomic E-state index is 4.64. The highest BCUT2D eigenvalue weighted by atomic mass is 35.5. The molecule has 1 saturated heterocycles. The maximum Gasteiger partial charge on any atom is 0.147 e. The van der Waals surface area contributed by atoms with E-state index >= 15 is 0 Å². The third-order valence-corrected chi connectivity index (χ3v) is 5.96. The number of aromatic nitrogens is 4. The number of rotatable bonds is 5. The molecule has 7 nitrogen and oxygen atoms in total. The Morgan fingerprint density at radius 1 is 1.18 bits per heavy atom. The summed E-state index contributed by atoms with van der Waals surface area (Å²) in [5.41, 5.74) is 1.29. The lowest BCUT2D eigenvalue weighted by Crippen LogP contribution is -2.34. The van der Waals surface area contributed by atoms with E-state index < -0.39 is 0 Å². The van der Waals surface area contributed by atoms with E-state index in [9.17, 15) is 0 Å². The summed E-state index contributed by atoms with van der Waals surface area (Å²) in [7, 11) is 2.09. The van der Waals surface area contributed by atoms with Crippen LogP contribution in [0.15, 0.2) is 18.3 Å². The van der Waals surface area contributed by atoms with Crippen LogP contribution in [0.25, 0.3) is 0 Å². The van der Waals surface area contributed by atoms with Crippen LogP contribution in [0.3, 0.4) is 0 Å². The molecular formula is C20H32ClN7. The number of pyridine rings is 1. The molecule has 0 radical (unpaired) electrons. The zero-order chi connectivity index (χ0) is 18.8. The molecule has 0 aromatic carbocycles. The van der Waals surface area contributed by atoms with Gasteiger partial charge in [-0.2, -0.15) is 0 Å². The Bertz CT molecular complexity index is 750. The van der Waals surface area contributed by atoms with Gasteiger partial charge < -0.3 is 14.8 Å². The minimum Gasteiger partial charge on any atom is -0.357 e. The van der Waals surface area contributed by atoms with Gasteiger partial charge in [0.15, 0.2) is 0 Å². The van der Waals surface area contributed by atoms with Gasteiger partial charge in [-0.15, -0.1) is 22.6 Å². The smallest absolute Gasteiger partial charge is 0.147 e. The van der Waals surface area contributed by atoms with Crippen molar-refractivity contribution in [2.75, 3.05) is 31.6 Å². The fraction of sp³-hybridized carbons (Fsp3) is 0.650. The Kier molecular flexibility index (Phi) is 6.91. The molecule has 0 saturated carbocycles. The van der Waals surface area contributed by atoms with Crippen molar-refractivity contribution in [1.29, 1.82) is 0 Å². The Hall–Kier alpha value is -1.70. The van der Waals surface area contributed by atoms with Crippen molar-refractivity contribution >= 4 is 18.2 Å². The molecule has 0 bridgehead atoms. The first-order chi connectivity index (χ1) is 13.1. The van der Waals surface area contributed by atoms with E-state index in [1.165, 1.54) is 11.4 Å². The molecular weight excluding hydrogens is 374 g/mol. The molecule has 0 unspecified atom stereocenters. The first-order valence-electron chi connectivity index (χ1n) is 10.1. The van der Waals surface area contributed by atoms with Crippen LogP contribution >= 0.6 is 12.4 Å². The van der Waals surface area contributed by atoms with Gasteiger partial charge in [0.1, 0.15) is 17.5 Å². The quantitative estimate of drug-likeness (QED) is 0.824. The zero-order valence-electron chi connectivity index (χ0n) is 17.1. The first kappa shape index (κ1) is 21.0. The number of anilines is 1. The van der Waals surface area contributed by atoms with Gasteiger partial charge in [0.2, 0.25) is 0 Å². The van der Waals surface area contributed by atoms with Crippen LogP contribution in [0.4, 0.5) is 5.82 Å². The van der Waals surface area contributed by atoms with E-state index in [1.54, 1.807) is 0 Å². The molecule has 0 amide bonds. The molecule has 8 heteroatoms. The fourth-order valence-corrected chi connectivity index (χ4v) is 4.01. The predicted octanol–water partition coefficient (Wildman–Crippen LogP) is 2.42. The van der Waals surface area contributed by atoms with Crippen molar-refractivity contribution in [1.82, 2.24) is 30.0 Å². The molecule has 4 heterocycles. The highest BCUT2D eigenvalue weighted by Crippen LogP contribution is 2.28. The normalized spacial score (nSPS) is 18.0. The monoisotopic (exact) mass is 405 g/mol. The Balaban J connectivity index is 0.00000225. The molecule has 2 aromatic rings. The van der Waals surface area contributed by atoms with Crippen molar-refractivity contribution in [2.45, 2.75) is 58.3 Å². The Labute approximate surface area is 173 Å². The van der Waals surface area contributed by atoms with Crippen LogP contribution in [0.2, 0.25) is 0 Å². The van der Waals surface area contributed by atoms with Crippen molar-refractivity contribution in [2.24, 2.45) is 0 Å². The van der Waals surface area contributed by atoms with Crippen LogP contribution < -0.4 is 10.2 Å². The summed E-state index contributed by atoms with van der Waals surface area (Å²) >= 11 is 0. The van der Waals surface area contributed by atoms with Gasteiger partial charge in [-0.05, 0) is 51.4 Å². The molecule has 2 aliphatic heterocycles. The number of fused-ring (bicyclic) bond motifs is 1. The van der Waals surface area contributed by atoms with Gasteiger partial charge in [-0.1, -0.05) is 6.07 Å². The number of likely N-dealkylation sites (tertiary alicyclic amines) is 1. The molecule has 0 aliphatic carbocycles. The highest BCUT2D eigenvalue weighted by molar-refractivity contribution is 5.85. The van der Waals surface area contributed by atoms with Gasteiger partial charge in [-0.3, -0.25) is 4.90 Å². The lowest BCUT2D eigenvalue weighted by Gasteiger charge is -2.32. The highest BCUT2D eigenvalue weighted by Gasteiger charge is 2.27. The van der Waals surface area contributed by atoms with Crippen LogP contribution in [-0.4, -0.2) is 57.4 Å². The predicted molar refractivity (Wildman–Crippen MR) is 114 cm³/mol. The summed E-state index contributed by atoms with van der Waals surface area (Å²) in [6, 6.07) is 4.81. The van der Waals surface area contributed by atoms with E-state index in [4.69, 9.17) is 0 Å². The van der Waals surface area contributed by atoms with Gasteiger partial charge in [-0.25, -0.2) is 4.98 Å². The summed E-state index contributed by atoms with van der Waals surface area (Å²) in [5.74, 6) is 3.88. The van der Waals surface area contributed by atoms with Gasteiger partial charge >= 0.3 is 0 Å². The van der Waals surface area contributed by atoms with Crippen molar-refractivity contribution < 1.29 is 0 Å². The number of hydrogen-bond donors (Lipinski definition) is 1. The maximum absolute atomic E-state index is 4.64. The molecule has 1 fully saturated rings. The second kappa shape index (κ2) is 9.20. The van der Waals surface area contributed by atoms with Crippen molar-refractivity contribution in [3.63, 3.8) is 0 Å². The molecule has 154 valence electrons. The molecule has 2 aliphatic rings. The first-order valence-corrected chi connectivity index (χ1v) is 10.1. The number of hydrogen-bond acceptors (Lipinski definition) is 6. The summed E-state index contributed by atoms with van der Waals surface area (Å²) in [4.78, 5) is 9.38. The van der Waals surface area contributed by atoms with E-state index in [1.807, 2.05) is 6.20 Å². The lowest BCUT2D eigenvalue weighted by atomic mass is 9.95. The molecule has 0 spiro atoms. The van der Waals surface area contributed by atoms with Gasteiger partial charge in [0.25, 0.3) is 0 Å². The summed E-state index contributed by atoms with van der Waals surface area (Å²) in [6.07, 6.45) is 4.35. The number of halogens is 1. The summed E-state index contributed by atoms with van der Waals surface area (Å²) in [5, 5.41) is 12.3. The average Bonchev–Trinajstić information content (AvgIpc) is 3.13. The summed E-state index contributed by atoms with van der Waals surface area (Å²) < 4.78 is 2.34. The van der Waals surface area contributed by atoms with E-state index in [2.05, 4.69) is 67.9 Å². The molecule has 4 rings (SSSR count). The second-order valence-electron chi connectivity index (χ2n) is 8.08. The average molecular weight is 406 g/mol. The van der Waals surface area contributed by atoms with Crippen LogP contribution in [0.1, 0.15) is 49.8 Å². The second-order valence-corrected chi connectivity index (χ2v) is 8.08. The van der Waals surface area contributed by atoms with E-state index in [0.29, 0.717) is 12.0 Å². The number of piperidine rings is 1. The SMILES string of the molecule is CC(C)N(C)c1ccc(CN2CCC(c3nnc4n3CCNC4)CC2)cn1.Cl. The lowest BCUT2D eigenvalue weighted by molar-refractivity contribution is 0.199. The van der Waals surface area contributed by atoms with E-state index in [-0.39, 0.29) is 12.4 Å². The standard InChI is InChI=1S/C20H31N7.ClH/c1-15(2)25(3)18-5-4-16(12-22-18)14-26-9-6-17(7-10-26)20-24-23-19-13-21-8-11-27(19)20;/h4-5,12,15,17,21H,6-11,13-14H2,1-3H3;1H. The van der Waals surface area contributed by atoms with Gasteiger partial charge in [0, 0.05) is 44.8 Å². The number of nitrogens with zero attached hydrogens (tertiary/aromatic N) is 6. The largest absolute Gasteiger partial charge is 0.357 e. The Morgan fingerprint density at radius 3 is 2.64 bits per heavy atom. The summed E-state index contributed by atoms with van der Waals surface area (Å²) in [6.45, 7) is 10.4. The van der Waals surface area contributed by atoms with Crippen molar-refractivity contribution in [3.8, 4) is 0 Å².